The molecule has 164 valence electrons. The number of anilines is 1. The third kappa shape index (κ3) is 3.86. The van der Waals surface area contributed by atoms with Gasteiger partial charge < -0.3 is 19.6 Å². The van der Waals surface area contributed by atoms with E-state index in [1.807, 2.05) is 0 Å². The van der Waals surface area contributed by atoms with E-state index >= 15 is 0 Å². The van der Waals surface area contributed by atoms with Gasteiger partial charge in [0.15, 0.2) is 5.78 Å². The number of ketones is 1. The highest BCUT2D eigenvalue weighted by Crippen LogP contribution is 2.36. The molecule has 0 atom stereocenters. The van der Waals surface area contributed by atoms with Crippen LogP contribution in [0.2, 0.25) is 5.02 Å². The number of aliphatic hydroxyl groups is 1. The number of amides is 1. The highest BCUT2D eigenvalue weighted by molar-refractivity contribution is 6.37. The maximum Gasteiger partial charge on any atom is 0.258 e. The molecule has 9 heteroatoms. The minimum atomic E-state index is -0.500. The first-order valence-corrected chi connectivity index (χ1v) is 10.1. The first-order valence-electron chi connectivity index (χ1n) is 9.75. The van der Waals surface area contributed by atoms with Crippen molar-refractivity contribution in [1.29, 1.82) is 0 Å². The highest BCUT2D eigenvalue weighted by Gasteiger charge is 2.23. The molecule has 0 spiro atoms. The summed E-state index contributed by atoms with van der Waals surface area (Å²) < 4.78 is 8.60. The molecule has 0 aliphatic heterocycles. The molecule has 0 saturated carbocycles. The van der Waals surface area contributed by atoms with E-state index in [1.165, 1.54) is 14.0 Å². The number of aliphatic hydroxyl groups excluding tert-OH is 1. The van der Waals surface area contributed by atoms with Crippen molar-refractivity contribution in [2.45, 2.75) is 13.5 Å². The van der Waals surface area contributed by atoms with Gasteiger partial charge in [-0.3, -0.25) is 14.3 Å². The molecule has 1 aromatic carbocycles. The molecule has 0 unspecified atom stereocenters. The first-order chi connectivity index (χ1) is 15.3. The van der Waals surface area contributed by atoms with Crippen LogP contribution in [-0.4, -0.2) is 38.1 Å². The zero-order chi connectivity index (χ0) is 23.0. The Morgan fingerprint density at radius 1 is 1.25 bits per heavy atom. The molecule has 3 heterocycles. The van der Waals surface area contributed by atoms with Crippen molar-refractivity contribution in [2.24, 2.45) is 7.05 Å². The number of hydrogen-bond donors (Lipinski definition) is 2. The Bertz CT molecular complexity index is 1360. The van der Waals surface area contributed by atoms with Crippen LogP contribution in [0.4, 0.5) is 5.69 Å². The molecule has 2 N–H and O–H groups in total. The number of Topliss-reactive ketones (excluding diaryl/α,β-unsaturated/α-hetero) is 1. The lowest BCUT2D eigenvalue weighted by Gasteiger charge is -2.13. The van der Waals surface area contributed by atoms with Gasteiger partial charge in [-0.1, -0.05) is 11.6 Å². The second kappa shape index (κ2) is 8.49. The molecule has 8 nitrogen and oxygen atoms in total. The normalized spacial score (nSPS) is 11.0. The van der Waals surface area contributed by atoms with Crippen LogP contribution in [0.5, 0.6) is 5.75 Å². The summed E-state index contributed by atoms with van der Waals surface area (Å²) in [6.45, 7) is 1.17. The van der Waals surface area contributed by atoms with Crippen molar-refractivity contribution in [2.75, 3.05) is 12.4 Å². The fraction of sp³-hybridized carbons (Fsp3) is 0.174. The third-order valence-corrected chi connectivity index (χ3v) is 5.58. The predicted molar refractivity (Wildman–Crippen MR) is 121 cm³/mol. The summed E-state index contributed by atoms with van der Waals surface area (Å²) >= 11 is 6.63. The average molecular weight is 453 g/mol. The van der Waals surface area contributed by atoms with Crippen LogP contribution in [0.25, 0.3) is 16.6 Å². The van der Waals surface area contributed by atoms with E-state index < -0.39 is 5.91 Å². The number of pyridine rings is 1. The average Bonchev–Trinajstić information content (AvgIpc) is 3.38. The molecule has 0 radical (unpaired) electrons. The Kier molecular flexibility index (Phi) is 5.73. The lowest BCUT2D eigenvalue weighted by atomic mass is 10.0. The van der Waals surface area contributed by atoms with Gasteiger partial charge in [-0.15, -0.1) is 0 Å². The molecule has 0 aliphatic rings. The number of methoxy groups -OCH3 is 1. The van der Waals surface area contributed by atoms with Crippen LogP contribution in [0.15, 0.2) is 49.1 Å². The van der Waals surface area contributed by atoms with Gasteiger partial charge in [-0.25, -0.2) is 0 Å². The molecule has 0 saturated heterocycles. The van der Waals surface area contributed by atoms with Crippen molar-refractivity contribution in [3.05, 3.63) is 70.8 Å². The largest absolute Gasteiger partial charge is 0.497 e. The zero-order valence-corrected chi connectivity index (χ0v) is 18.5. The van der Waals surface area contributed by atoms with Gasteiger partial charge in [-0.05, 0) is 30.7 Å². The number of carbonyl (C=O) groups excluding carboxylic acids is 2. The highest BCUT2D eigenvalue weighted by atomic mass is 35.5. The van der Waals surface area contributed by atoms with E-state index in [0.29, 0.717) is 33.1 Å². The van der Waals surface area contributed by atoms with Crippen LogP contribution < -0.4 is 10.1 Å². The lowest BCUT2D eigenvalue weighted by molar-refractivity contribution is 0.0987. The molecular formula is C23H21ClN4O4. The van der Waals surface area contributed by atoms with Gasteiger partial charge >= 0.3 is 0 Å². The topological polar surface area (TPSA) is 97.9 Å². The Balaban J connectivity index is 1.82. The number of nitrogens with zero attached hydrogens (tertiary/aromatic N) is 3. The molecule has 4 rings (SSSR count). The molecule has 0 fully saturated rings. The third-order valence-electron chi connectivity index (χ3n) is 5.17. The number of rotatable bonds is 6. The minimum Gasteiger partial charge on any atom is -0.497 e. The number of carbonyl (C=O) groups is 2. The lowest BCUT2D eigenvalue weighted by Crippen LogP contribution is -2.15. The molecule has 32 heavy (non-hydrogen) atoms. The van der Waals surface area contributed by atoms with Crippen molar-refractivity contribution < 1.29 is 19.4 Å². The maximum absolute atomic E-state index is 13.4. The molecule has 4 aromatic rings. The van der Waals surface area contributed by atoms with Crippen LogP contribution in [0.3, 0.4) is 0 Å². The Labute approximate surface area is 189 Å². The second-order valence-corrected chi connectivity index (χ2v) is 7.73. The summed E-state index contributed by atoms with van der Waals surface area (Å²) in [5.41, 5.74) is 3.26. The number of ether oxygens (including phenoxy) is 1. The Morgan fingerprint density at radius 2 is 2.03 bits per heavy atom. The summed E-state index contributed by atoms with van der Waals surface area (Å²) in [5, 5.41) is 17.0. The van der Waals surface area contributed by atoms with Crippen molar-refractivity contribution in [1.82, 2.24) is 14.2 Å². The minimum absolute atomic E-state index is 0.213. The van der Waals surface area contributed by atoms with Gasteiger partial charge in [0.05, 0.1) is 41.7 Å². The second-order valence-electron chi connectivity index (χ2n) is 7.35. The summed E-state index contributed by atoms with van der Waals surface area (Å²) in [4.78, 5) is 25.6. The summed E-state index contributed by atoms with van der Waals surface area (Å²) in [6, 6.07) is 6.77. The van der Waals surface area contributed by atoms with Crippen molar-refractivity contribution in [3.8, 4) is 16.9 Å². The van der Waals surface area contributed by atoms with E-state index in [9.17, 15) is 14.7 Å². The molecule has 1 amide bonds. The number of benzene rings is 1. The number of nitrogens with one attached hydrogen (secondary N) is 1. The van der Waals surface area contributed by atoms with Crippen LogP contribution in [0.1, 0.15) is 33.2 Å². The van der Waals surface area contributed by atoms with E-state index in [2.05, 4.69) is 10.4 Å². The summed E-state index contributed by atoms with van der Waals surface area (Å²) in [5.74, 6) is -0.192. The fourth-order valence-corrected chi connectivity index (χ4v) is 3.87. The van der Waals surface area contributed by atoms with Gasteiger partial charge in [0.1, 0.15) is 5.75 Å². The number of aromatic nitrogens is 3. The smallest absolute Gasteiger partial charge is 0.258 e. The monoisotopic (exact) mass is 452 g/mol. The van der Waals surface area contributed by atoms with E-state index in [4.69, 9.17) is 16.3 Å². The van der Waals surface area contributed by atoms with Crippen molar-refractivity contribution >= 4 is 34.5 Å². The first kappa shape index (κ1) is 21.6. The maximum atomic E-state index is 13.4. The molecule has 0 aliphatic carbocycles. The van der Waals surface area contributed by atoms with E-state index in [-0.39, 0.29) is 23.5 Å². The predicted octanol–water partition coefficient (Wildman–Crippen LogP) is 3.95. The van der Waals surface area contributed by atoms with Gasteiger partial charge in [0.2, 0.25) is 0 Å². The fourth-order valence-electron chi connectivity index (χ4n) is 3.60. The van der Waals surface area contributed by atoms with E-state index in [1.54, 1.807) is 65.2 Å². The van der Waals surface area contributed by atoms with Crippen LogP contribution in [0, 0.1) is 0 Å². The Morgan fingerprint density at radius 3 is 2.66 bits per heavy atom. The van der Waals surface area contributed by atoms with Crippen LogP contribution in [-0.2, 0) is 13.7 Å². The van der Waals surface area contributed by atoms with Gasteiger partial charge in [-0.2, -0.15) is 5.10 Å². The molecule has 0 bridgehead atoms. The number of hydrogen-bond acceptors (Lipinski definition) is 5. The molecule has 3 aromatic heterocycles. The number of fused-ring (bicyclic) bond motifs is 1. The quantitative estimate of drug-likeness (QED) is 0.432. The zero-order valence-electron chi connectivity index (χ0n) is 17.7. The molecular weight excluding hydrogens is 432 g/mol. The van der Waals surface area contributed by atoms with Gasteiger partial charge in [0.25, 0.3) is 5.91 Å². The van der Waals surface area contributed by atoms with Crippen LogP contribution >= 0.6 is 11.6 Å². The van der Waals surface area contributed by atoms with Crippen molar-refractivity contribution in [3.63, 3.8) is 0 Å². The number of halogens is 1. The van der Waals surface area contributed by atoms with E-state index in [0.717, 1.165) is 5.56 Å². The standard InChI is InChI=1S/C23H21ClN4O4/c1-13(30)18-11-28-5-4-16(32-3)8-20(28)21(18)23(31)26-19-7-14(12-29)6-17(22(19)24)15-9-25-27(2)10-15/h4-11,29H,12H2,1-3H3,(H,26,31). The SMILES string of the molecule is COc1ccn2cc(C(C)=O)c(C(=O)Nc3cc(CO)cc(-c4cnn(C)c4)c3Cl)c2c1. The Hall–Kier alpha value is -3.62. The summed E-state index contributed by atoms with van der Waals surface area (Å²) in [7, 11) is 3.31. The summed E-state index contributed by atoms with van der Waals surface area (Å²) in [6.07, 6.45) is 6.76. The number of aryl methyl sites for hydroxylation is 1. The van der Waals surface area contributed by atoms with Gasteiger partial charge in [0, 0.05) is 48.4 Å².